The van der Waals surface area contributed by atoms with E-state index in [0.29, 0.717) is 18.0 Å². The smallest absolute Gasteiger partial charge is 0.413 e. The molecule has 136 valence electrons. The van der Waals surface area contributed by atoms with Gasteiger partial charge in [0.25, 0.3) is 0 Å². The van der Waals surface area contributed by atoms with E-state index in [4.69, 9.17) is 9.47 Å². The number of carbonyl (C=O) groups is 2. The second kappa shape index (κ2) is 9.27. The van der Waals surface area contributed by atoms with E-state index in [2.05, 4.69) is 5.32 Å². The third-order valence-electron chi connectivity index (χ3n) is 3.58. The predicted octanol–water partition coefficient (Wildman–Crippen LogP) is 3.94. The molecule has 0 radical (unpaired) electrons. The van der Waals surface area contributed by atoms with Crippen LogP contribution in [0.4, 0.5) is 16.2 Å². The lowest BCUT2D eigenvalue weighted by Gasteiger charge is -2.16. The fraction of sp³-hybridized carbons (Fsp3) is 0.200. The predicted molar refractivity (Wildman–Crippen MR) is 103 cm³/mol. The summed E-state index contributed by atoms with van der Waals surface area (Å²) in [7, 11) is 3.22. The number of anilines is 2. The number of methoxy groups -OCH3 is 1. The van der Waals surface area contributed by atoms with E-state index < -0.39 is 6.09 Å². The molecule has 0 bridgehead atoms. The molecule has 6 nitrogen and oxygen atoms in total. The molecule has 2 aromatic rings. The van der Waals surface area contributed by atoms with E-state index in [9.17, 15) is 9.59 Å². The minimum Gasteiger partial charge on any atom is -0.497 e. The van der Waals surface area contributed by atoms with Gasteiger partial charge in [-0.1, -0.05) is 12.1 Å². The number of rotatable bonds is 6. The molecule has 0 spiro atoms. The van der Waals surface area contributed by atoms with Gasteiger partial charge in [0.1, 0.15) is 5.75 Å². The van der Waals surface area contributed by atoms with Crippen LogP contribution >= 0.6 is 0 Å². The molecule has 0 aliphatic rings. The fourth-order valence-corrected chi connectivity index (χ4v) is 2.20. The van der Waals surface area contributed by atoms with Gasteiger partial charge in [0.2, 0.25) is 5.91 Å². The van der Waals surface area contributed by atoms with Crippen LogP contribution in [-0.4, -0.2) is 32.8 Å². The molecule has 1 N–H and O–H groups in total. The van der Waals surface area contributed by atoms with Crippen molar-refractivity contribution in [2.24, 2.45) is 0 Å². The molecule has 0 saturated heterocycles. The summed E-state index contributed by atoms with van der Waals surface area (Å²) in [5, 5.41) is 2.77. The third-order valence-corrected chi connectivity index (χ3v) is 3.58. The van der Waals surface area contributed by atoms with Crippen LogP contribution in [0.3, 0.4) is 0 Å². The number of ether oxygens (including phenoxy) is 2. The van der Waals surface area contributed by atoms with Crippen molar-refractivity contribution in [2.45, 2.75) is 6.92 Å². The van der Waals surface area contributed by atoms with Gasteiger partial charge in [0.15, 0.2) is 0 Å². The van der Waals surface area contributed by atoms with Crippen LogP contribution in [0, 0.1) is 0 Å². The third kappa shape index (κ3) is 5.37. The van der Waals surface area contributed by atoms with Gasteiger partial charge in [0.05, 0.1) is 13.7 Å². The fourth-order valence-electron chi connectivity index (χ4n) is 2.20. The van der Waals surface area contributed by atoms with Gasteiger partial charge in [-0.25, -0.2) is 4.79 Å². The van der Waals surface area contributed by atoms with Crippen molar-refractivity contribution in [3.63, 3.8) is 0 Å². The van der Waals surface area contributed by atoms with Gasteiger partial charge in [0, 0.05) is 24.5 Å². The van der Waals surface area contributed by atoms with Crippen LogP contribution in [0.25, 0.3) is 6.08 Å². The lowest BCUT2D eigenvalue weighted by atomic mass is 10.2. The monoisotopic (exact) mass is 354 g/mol. The molecule has 0 heterocycles. The molecular formula is C20H22N2O4. The Labute approximate surface area is 153 Å². The van der Waals surface area contributed by atoms with Crippen LogP contribution in [0.2, 0.25) is 0 Å². The Morgan fingerprint density at radius 2 is 1.88 bits per heavy atom. The molecule has 0 saturated carbocycles. The molecule has 0 aliphatic carbocycles. The number of nitrogens with one attached hydrogen (secondary N) is 1. The quantitative estimate of drug-likeness (QED) is 0.798. The van der Waals surface area contributed by atoms with Gasteiger partial charge in [-0.2, -0.15) is 0 Å². The molecular weight excluding hydrogens is 332 g/mol. The Morgan fingerprint density at radius 1 is 1.15 bits per heavy atom. The maximum Gasteiger partial charge on any atom is 0.413 e. The van der Waals surface area contributed by atoms with Crippen LogP contribution in [0.15, 0.2) is 54.6 Å². The summed E-state index contributed by atoms with van der Waals surface area (Å²) in [5.74, 6) is 0.480. The topological polar surface area (TPSA) is 67.9 Å². The first-order valence-corrected chi connectivity index (χ1v) is 8.17. The van der Waals surface area contributed by atoms with Gasteiger partial charge < -0.3 is 14.8 Å². The zero-order valence-electron chi connectivity index (χ0n) is 15.1. The second-order valence-electron chi connectivity index (χ2n) is 5.40. The molecule has 0 unspecified atom stereocenters. The molecule has 0 aromatic heterocycles. The summed E-state index contributed by atoms with van der Waals surface area (Å²) in [6.07, 6.45) is 2.74. The van der Waals surface area contributed by atoms with Crippen LogP contribution in [-0.2, 0) is 9.53 Å². The molecule has 6 heteroatoms. The van der Waals surface area contributed by atoms with Crippen molar-refractivity contribution >= 4 is 29.5 Å². The largest absolute Gasteiger partial charge is 0.497 e. The highest BCUT2D eigenvalue weighted by Crippen LogP contribution is 2.18. The lowest BCUT2D eigenvalue weighted by Crippen LogP contribution is -2.26. The van der Waals surface area contributed by atoms with Gasteiger partial charge in [-0.3, -0.25) is 9.69 Å². The Kier molecular flexibility index (Phi) is 6.79. The van der Waals surface area contributed by atoms with Crippen molar-refractivity contribution in [3.05, 3.63) is 60.2 Å². The molecule has 0 atom stereocenters. The van der Waals surface area contributed by atoms with E-state index in [-0.39, 0.29) is 5.91 Å². The zero-order chi connectivity index (χ0) is 18.9. The minimum atomic E-state index is -0.425. The zero-order valence-corrected chi connectivity index (χ0v) is 15.1. The standard InChI is InChI=1S/C20H22N2O4/c1-4-26-20(24)22(2)17-11-9-16(10-12-17)21-19(23)13-8-15-6-5-7-18(14-15)25-3/h5-14H,4H2,1-3H3,(H,21,23)/b13-8+. The Bertz CT molecular complexity index is 785. The summed E-state index contributed by atoms with van der Waals surface area (Å²) in [6.45, 7) is 2.07. The lowest BCUT2D eigenvalue weighted by molar-refractivity contribution is -0.111. The first kappa shape index (κ1) is 19.1. The average molecular weight is 354 g/mol. The number of hydrogen-bond donors (Lipinski definition) is 1. The van der Waals surface area contributed by atoms with Crippen molar-refractivity contribution < 1.29 is 19.1 Å². The summed E-state index contributed by atoms with van der Waals surface area (Å²) >= 11 is 0. The molecule has 26 heavy (non-hydrogen) atoms. The number of nitrogens with zero attached hydrogens (tertiary/aromatic N) is 1. The van der Waals surface area contributed by atoms with Crippen molar-refractivity contribution in [2.75, 3.05) is 31.0 Å². The Morgan fingerprint density at radius 3 is 2.54 bits per heavy atom. The van der Waals surface area contributed by atoms with E-state index >= 15 is 0 Å². The summed E-state index contributed by atoms with van der Waals surface area (Å²) < 4.78 is 10.1. The molecule has 2 aromatic carbocycles. The number of benzene rings is 2. The second-order valence-corrected chi connectivity index (χ2v) is 5.40. The van der Waals surface area contributed by atoms with E-state index in [1.165, 1.54) is 11.0 Å². The SMILES string of the molecule is CCOC(=O)N(C)c1ccc(NC(=O)/C=C/c2cccc(OC)c2)cc1. The van der Waals surface area contributed by atoms with E-state index in [1.54, 1.807) is 51.4 Å². The summed E-state index contributed by atoms with van der Waals surface area (Å²) in [5.41, 5.74) is 2.17. The van der Waals surface area contributed by atoms with E-state index in [1.807, 2.05) is 24.3 Å². The summed E-state index contributed by atoms with van der Waals surface area (Å²) in [6, 6.07) is 14.3. The molecule has 2 rings (SSSR count). The number of carbonyl (C=O) groups excluding carboxylic acids is 2. The number of amides is 2. The molecule has 0 fully saturated rings. The highest BCUT2D eigenvalue weighted by molar-refractivity contribution is 6.02. The number of hydrogen-bond acceptors (Lipinski definition) is 4. The summed E-state index contributed by atoms with van der Waals surface area (Å²) in [4.78, 5) is 25.1. The maximum atomic E-state index is 12.0. The molecule has 2 amide bonds. The van der Waals surface area contributed by atoms with Crippen molar-refractivity contribution in [3.8, 4) is 5.75 Å². The van der Waals surface area contributed by atoms with Gasteiger partial charge in [-0.15, -0.1) is 0 Å². The van der Waals surface area contributed by atoms with Crippen molar-refractivity contribution in [1.82, 2.24) is 0 Å². The van der Waals surface area contributed by atoms with Crippen LogP contribution < -0.4 is 15.0 Å². The van der Waals surface area contributed by atoms with Gasteiger partial charge >= 0.3 is 6.09 Å². The average Bonchev–Trinajstić information content (AvgIpc) is 2.67. The van der Waals surface area contributed by atoms with Gasteiger partial charge in [-0.05, 0) is 55.0 Å². The molecule has 0 aliphatic heterocycles. The normalized spacial score (nSPS) is 10.4. The highest BCUT2D eigenvalue weighted by atomic mass is 16.6. The maximum absolute atomic E-state index is 12.0. The Hall–Kier alpha value is -3.28. The highest BCUT2D eigenvalue weighted by Gasteiger charge is 2.11. The first-order valence-electron chi connectivity index (χ1n) is 8.17. The van der Waals surface area contributed by atoms with Crippen molar-refractivity contribution in [1.29, 1.82) is 0 Å². The first-order chi connectivity index (χ1) is 12.5. The van der Waals surface area contributed by atoms with E-state index in [0.717, 1.165) is 11.3 Å². The Balaban J connectivity index is 1.96. The van der Waals surface area contributed by atoms with Crippen LogP contribution in [0.1, 0.15) is 12.5 Å². The minimum absolute atomic E-state index is 0.251. The van der Waals surface area contributed by atoms with Crippen LogP contribution in [0.5, 0.6) is 5.75 Å².